The Hall–Kier alpha value is -3.40. The molecule has 4 aromatic rings. The van der Waals surface area contributed by atoms with Gasteiger partial charge in [0.15, 0.2) is 11.0 Å². The molecule has 1 aliphatic heterocycles. The highest BCUT2D eigenvalue weighted by atomic mass is 32.2. The van der Waals surface area contributed by atoms with Crippen LogP contribution in [0.5, 0.6) is 0 Å². The normalized spacial score (nSPS) is 13.3. The number of anilines is 1. The van der Waals surface area contributed by atoms with Crippen molar-refractivity contribution in [1.82, 2.24) is 35.6 Å². The lowest BCUT2D eigenvalue weighted by atomic mass is 10.2. The largest absolute Gasteiger partial charge is 0.313 e. The molecule has 27 heavy (non-hydrogen) atoms. The van der Waals surface area contributed by atoms with E-state index in [4.69, 9.17) is 4.99 Å². The Morgan fingerprint density at radius 2 is 1.96 bits per heavy atom. The highest BCUT2D eigenvalue weighted by Gasteiger charge is 2.23. The number of benzene rings is 1. The molecule has 0 atom stereocenters. The van der Waals surface area contributed by atoms with Crippen molar-refractivity contribution < 1.29 is 0 Å². The molecule has 1 aromatic carbocycles. The van der Waals surface area contributed by atoms with Crippen LogP contribution in [0.2, 0.25) is 0 Å². The van der Waals surface area contributed by atoms with Crippen molar-refractivity contribution in [3.05, 3.63) is 60.3 Å². The molecule has 5 rings (SSSR count). The van der Waals surface area contributed by atoms with E-state index in [1.54, 1.807) is 18.6 Å². The molecular weight excluding hydrogens is 362 g/mol. The van der Waals surface area contributed by atoms with E-state index >= 15 is 0 Å². The van der Waals surface area contributed by atoms with Gasteiger partial charge in [0.2, 0.25) is 0 Å². The Morgan fingerprint density at radius 3 is 2.85 bits per heavy atom. The molecule has 0 spiro atoms. The van der Waals surface area contributed by atoms with Crippen LogP contribution in [0.15, 0.2) is 58.9 Å². The van der Waals surface area contributed by atoms with Gasteiger partial charge in [0.1, 0.15) is 5.03 Å². The summed E-state index contributed by atoms with van der Waals surface area (Å²) in [4.78, 5) is 20.0. The summed E-state index contributed by atoms with van der Waals surface area (Å²) in [5.41, 5.74) is 3.70. The van der Waals surface area contributed by atoms with E-state index in [0.29, 0.717) is 18.9 Å². The van der Waals surface area contributed by atoms with Crippen LogP contribution in [0.3, 0.4) is 0 Å². The average molecular weight is 375 g/mol. The number of nitrogens with zero attached hydrogens (tertiary/aromatic N) is 8. The zero-order chi connectivity index (χ0) is 18.1. The predicted molar refractivity (Wildman–Crippen MR) is 101 cm³/mol. The Bertz CT molecular complexity index is 1130. The van der Waals surface area contributed by atoms with Gasteiger partial charge in [0, 0.05) is 29.8 Å². The van der Waals surface area contributed by atoms with Gasteiger partial charge < -0.3 is 4.90 Å². The molecule has 4 heterocycles. The number of amidine groups is 1. The van der Waals surface area contributed by atoms with Crippen LogP contribution >= 0.6 is 11.8 Å². The molecule has 3 aromatic heterocycles. The number of hydrogen-bond donors (Lipinski definition) is 1. The van der Waals surface area contributed by atoms with Crippen molar-refractivity contribution >= 4 is 33.7 Å². The smallest absolute Gasteiger partial charge is 0.194 e. The molecule has 0 bridgehead atoms. The summed E-state index contributed by atoms with van der Waals surface area (Å²) in [5.74, 6) is 0.573. The van der Waals surface area contributed by atoms with Gasteiger partial charge in [-0.1, -0.05) is 11.3 Å². The van der Waals surface area contributed by atoms with Gasteiger partial charge in [0.05, 0.1) is 24.1 Å². The molecule has 0 unspecified atom stereocenters. The number of nitrogens with one attached hydrogen (secondary N) is 1. The van der Waals surface area contributed by atoms with Crippen molar-refractivity contribution in [2.45, 2.75) is 18.1 Å². The van der Waals surface area contributed by atoms with Crippen LogP contribution in [-0.2, 0) is 13.1 Å². The molecule has 0 fully saturated rings. The Morgan fingerprint density at radius 1 is 1.04 bits per heavy atom. The zero-order valence-electron chi connectivity index (χ0n) is 14.0. The van der Waals surface area contributed by atoms with E-state index in [1.807, 2.05) is 35.2 Å². The molecule has 0 aliphatic carbocycles. The lowest BCUT2D eigenvalue weighted by molar-refractivity contribution is 0.881. The maximum Gasteiger partial charge on any atom is 0.194 e. The number of H-pyrrole nitrogens is 1. The average Bonchev–Trinajstić information content (AvgIpc) is 3.25. The molecule has 1 aliphatic rings. The summed E-state index contributed by atoms with van der Waals surface area (Å²) in [6.07, 6.45) is 5.16. The summed E-state index contributed by atoms with van der Waals surface area (Å²) in [7, 11) is 0. The second-order valence-corrected chi connectivity index (χ2v) is 6.77. The first-order valence-electron chi connectivity index (χ1n) is 8.24. The van der Waals surface area contributed by atoms with E-state index in [-0.39, 0.29) is 0 Å². The van der Waals surface area contributed by atoms with Gasteiger partial charge in [-0.3, -0.25) is 15.0 Å². The number of pyridine rings is 1. The summed E-state index contributed by atoms with van der Waals surface area (Å²) in [5, 5.41) is 16.1. The number of aliphatic imine (C=N–C) groups is 1. The van der Waals surface area contributed by atoms with E-state index in [9.17, 15) is 0 Å². The van der Waals surface area contributed by atoms with Crippen molar-refractivity contribution in [3.63, 3.8) is 0 Å². The van der Waals surface area contributed by atoms with Crippen LogP contribution in [0.4, 0.5) is 5.69 Å². The van der Waals surface area contributed by atoms with Crippen molar-refractivity contribution in [2.75, 3.05) is 4.90 Å². The molecule has 1 N–H and O–H groups in total. The topological polar surface area (TPSA) is 109 Å². The number of aromatic amines is 1. The fourth-order valence-corrected chi connectivity index (χ4v) is 3.79. The number of aromatic nitrogens is 7. The van der Waals surface area contributed by atoms with Gasteiger partial charge in [-0.2, -0.15) is 5.21 Å². The highest BCUT2D eigenvalue weighted by molar-refractivity contribution is 8.14. The SMILES string of the molecule is c1cnc2c(c1)CN=C(N(Cc1nn[nH]n1)c1ccc3nccnc3c1)S2. The summed E-state index contributed by atoms with van der Waals surface area (Å²) in [6.45, 7) is 1.01. The molecule has 0 saturated carbocycles. The van der Waals surface area contributed by atoms with Gasteiger partial charge in [-0.05, 0) is 36.0 Å². The Kier molecular flexibility index (Phi) is 3.94. The Labute approximate surface area is 158 Å². The zero-order valence-corrected chi connectivity index (χ0v) is 14.8. The molecule has 0 radical (unpaired) electrons. The van der Waals surface area contributed by atoms with E-state index in [2.05, 4.69) is 35.6 Å². The van der Waals surface area contributed by atoms with Crippen molar-refractivity contribution in [2.24, 2.45) is 4.99 Å². The molecular formula is C17H13N9S. The molecule has 0 amide bonds. The third-order valence-electron chi connectivity index (χ3n) is 4.11. The van der Waals surface area contributed by atoms with Crippen LogP contribution in [0.1, 0.15) is 11.4 Å². The van der Waals surface area contributed by atoms with Crippen molar-refractivity contribution in [1.29, 1.82) is 0 Å². The minimum absolute atomic E-state index is 0.427. The summed E-state index contributed by atoms with van der Waals surface area (Å²) >= 11 is 1.53. The minimum Gasteiger partial charge on any atom is -0.313 e. The van der Waals surface area contributed by atoms with Crippen molar-refractivity contribution in [3.8, 4) is 0 Å². The number of fused-ring (bicyclic) bond motifs is 2. The fourth-order valence-electron chi connectivity index (χ4n) is 2.83. The quantitative estimate of drug-likeness (QED) is 0.580. The summed E-state index contributed by atoms with van der Waals surface area (Å²) in [6, 6.07) is 9.90. The lowest BCUT2D eigenvalue weighted by Crippen LogP contribution is -2.30. The van der Waals surface area contributed by atoms with E-state index in [1.165, 1.54) is 11.8 Å². The first-order valence-corrected chi connectivity index (χ1v) is 9.05. The minimum atomic E-state index is 0.427. The Balaban J connectivity index is 1.55. The lowest BCUT2D eigenvalue weighted by Gasteiger charge is -2.27. The van der Waals surface area contributed by atoms with Crippen LogP contribution in [0, 0.1) is 0 Å². The van der Waals surface area contributed by atoms with Gasteiger partial charge >= 0.3 is 0 Å². The maximum absolute atomic E-state index is 4.75. The monoisotopic (exact) mass is 375 g/mol. The molecule has 132 valence electrons. The standard InChI is InChI=1S/C17H13N9S/c1-2-11-9-21-17(27-16(11)20-5-1)26(10-15-22-24-25-23-15)12-3-4-13-14(8-12)19-7-6-18-13/h1-8H,9-10H2,(H,22,23,24,25). The third-order valence-corrected chi connectivity index (χ3v) is 5.20. The predicted octanol–water partition coefficient (Wildman–Crippen LogP) is 2.21. The van der Waals surface area contributed by atoms with Crippen LogP contribution in [0.25, 0.3) is 11.0 Å². The van der Waals surface area contributed by atoms with Gasteiger partial charge in [0.25, 0.3) is 0 Å². The molecule has 0 saturated heterocycles. The highest BCUT2D eigenvalue weighted by Crippen LogP contribution is 2.32. The molecule has 9 nitrogen and oxygen atoms in total. The second kappa shape index (κ2) is 6.72. The second-order valence-electron chi connectivity index (χ2n) is 5.81. The maximum atomic E-state index is 4.75. The van der Waals surface area contributed by atoms with E-state index in [0.717, 1.165) is 32.5 Å². The number of rotatable bonds is 3. The molecule has 10 heteroatoms. The first kappa shape index (κ1) is 15.8. The number of tetrazole rings is 1. The van der Waals surface area contributed by atoms with Gasteiger partial charge in [-0.15, -0.1) is 10.2 Å². The van der Waals surface area contributed by atoms with Gasteiger partial charge in [-0.25, -0.2) is 4.98 Å². The number of thioether (sulfide) groups is 1. The summed E-state index contributed by atoms with van der Waals surface area (Å²) < 4.78 is 0. The first-order chi connectivity index (χ1) is 13.4. The number of hydrogen-bond acceptors (Lipinski definition) is 9. The third kappa shape index (κ3) is 3.10. The van der Waals surface area contributed by atoms with Crippen LogP contribution < -0.4 is 4.90 Å². The van der Waals surface area contributed by atoms with E-state index < -0.39 is 0 Å². The van der Waals surface area contributed by atoms with Crippen LogP contribution in [-0.4, -0.2) is 40.7 Å². The fraction of sp³-hybridized carbons (Fsp3) is 0.118.